The SMILES string of the molecule is N#CC(C(=O)Nc1ccc(C=Cc2ccc(Cl)cc2)cc1)C(=O)C1CC1. The predicted molar refractivity (Wildman–Crippen MR) is 102 cm³/mol. The minimum Gasteiger partial charge on any atom is -0.325 e. The standard InChI is InChI=1S/C21H17ClN2O2/c22-17-9-3-14(4-10-17)1-2-15-5-11-18(12-6-15)24-21(26)19(13-23)20(25)16-7-8-16/h1-6,9-12,16,19H,7-8H2,(H,24,26). The molecule has 3 rings (SSSR count). The number of carbonyl (C=O) groups excluding carboxylic acids is 2. The van der Waals surface area contributed by atoms with Gasteiger partial charge in [-0.05, 0) is 48.2 Å². The lowest BCUT2D eigenvalue weighted by Crippen LogP contribution is -2.29. The third-order valence-corrected chi connectivity index (χ3v) is 4.42. The zero-order valence-corrected chi connectivity index (χ0v) is 14.7. The first-order valence-electron chi connectivity index (χ1n) is 8.35. The van der Waals surface area contributed by atoms with Gasteiger partial charge in [0.2, 0.25) is 5.91 Å². The average Bonchev–Trinajstić information content (AvgIpc) is 3.48. The topological polar surface area (TPSA) is 70.0 Å². The van der Waals surface area contributed by atoms with Crippen molar-refractivity contribution in [1.29, 1.82) is 5.26 Å². The van der Waals surface area contributed by atoms with Gasteiger partial charge in [-0.25, -0.2) is 0 Å². The third-order valence-electron chi connectivity index (χ3n) is 4.17. The highest BCUT2D eigenvalue weighted by molar-refractivity contribution is 6.30. The fraction of sp³-hybridized carbons (Fsp3) is 0.190. The first kappa shape index (κ1) is 17.9. The van der Waals surface area contributed by atoms with E-state index in [1.165, 1.54) is 0 Å². The van der Waals surface area contributed by atoms with E-state index in [0.717, 1.165) is 24.0 Å². The number of rotatable bonds is 6. The van der Waals surface area contributed by atoms with Crippen LogP contribution in [0.5, 0.6) is 0 Å². The van der Waals surface area contributed by atoms with Crippen LogP contribution in [0, 0.1) is 23.2 Å². The Bertz CT molecular complexity index is 876. The molecule has 1 saturated carbocycles. The number of carbonyl (C=O) groups is 2. The number of anilines is 1. The Kier molecular flexibility index (Phi) is 5.50. The van der Waals surface area contributed by atoms with E-state index in [1.807, 2.05) is 54.6 Å². The zero-order valence-electron chi connectivity index (χ0n) is 14.0. The number of amides is 1. The van der Waals surface area contributed by atoms with E-state index in [2.05, 4.69) is 5.32 Å². The quantitative estimate of drug-likeness (QED) is 0.603. The highest BCUT2D eigenvalue weighted by Crippen LogP contribution is 2.32. The van der Waals surface area contributed by atoms with Crippen LogP contribution in [0.3, 0.4) is 0 Å². The van der Waals surface area contributed by atoms with Gasteiger partial charge in [-0.1, -0.05) is 48.0 Å². The number of nitrogens with one attached hydrogen (secondary N) is 1. The molecular weight excluding hydrogens is 348 g/mol. The van der Waals surface area contributed by atoms with Crippen LogP contribution in [0.25, 0.3) is 12.2 Å². The molecule has 130 valence electrons. The van der Waals surface area contributed by atoms with Crippen molar-refractivity contribution in [1.82, 2.24) is 0 Å². The minimum absolute atomic E-state index is 0.120. The number of hydrogen-bond donors (Lipinski definition) is 1. The van der Waals surface area contributed by atoms with Crippen LogP contribution in [-0.2, 0) is 9.59 Å². The monoisotopic (exact) mass is 364 g/mol. The molecule has 1 amide bonds. The van der Waals surface area contributed by atoms with Gasteiger partial charge in [0.1, 0.15) is 0 Å². The first-order chi connectivity index (χ1) is 12.6. The summed E-state index contributed by atoms with van der Waals surface area (Å²) < 4.78 is 0. The molecule has 0 spiro atoms. The van der Waals surface area contributed by atoms with Crippen molar-refractivity contribution in [3.8, 4) is 6.07 Å². The zero-order chi connectivity index (χ0) is 18.5. The van der Waals surface area contributed by atoms with Gasteiger partial charge in [0.15, 0.2) is 11.7 Å². The molecule has 5 heteroatoms. The summed E-state index contributed by atoms with van der Waals surface area (Å²) in [4.78, 5) is 24.1. The summed E-state index contributed by atoms with van der Waals surface area (Å²) in [6.07, 6.45) is 5.46. The molecule has 0 saturated heterocycles. The fourth-order valence-corrected chi connectivity index (χ4v) is 2.64. The summed E-state index contributed by atoms with van der Waals surface area (Å²) in [7, 11) is 0. The van der Waals surface area contributed by atoms with Crippen molar-refractivity contribution < 1.29 is 9.59 Å². The van der Waals surface area contributed by atoms with Crippen LogP contribution in [0.15, 0.2) is 48.5 Å². The summed E-state index contributed by atoms with van der Waals surface area (Å²) in [6, 6.07) is 16.5. The van der Waals surface area contributed by atoms with Crippen LogP contribution in [0.4, 0.5) is 5.69 Å². The molecule has 0 aromatic heterocycles. The Labute approximate surface area is 157 Å². The number of nitrogens with zero attached hydrogens (tertiary/aromatic N) is 1. The minimum atomic E-state index is -1.23. The van der Waals surface area contributed by atoms with E-state index >= 15 is 0 Å². The fourth-order valence-electron chi connectivity index (χ4n) is 2.51. The third kappa shape index (κ3) is 4.59. The van der Waals surface area contributed by atoms with E-state index in [1.54, 1.807) is 12.1 Å². The van der Waals surface area contributed by atoms with Crippen LogP contribution in [-0.4, -0.2) is 11.7 Å². The van der Waals surface area contributed by atoms with Gasteiger partial charge in [-0.2, -0.15) is 5.26 Å². The summed E-state index contributed by atoms with van der Waals surface area (Å²) >= 11 is 5.86. The number of halogens is 1. The van der Waals surface area contributed by atoms with Crippen LogP contribution >= 0.6 is 11.6 Å². The van der Waals surface area contributed by atoms with Crippen LogP contribution in [0.2, 0.25) is 5.02 Å². The molecule has 1 aliphatic rings. The second kappa shape index (κ2) is 7.99. The van der Waals surface area contributed by atoms with Gasteiger partial charge in [0, 0.05) is 16.6 Å². The lowest BCUT2D eigenvalue weighted by Gasteiger charge is -2.09. The van der Waals surface area contributed by atoms with Crippen molar-refractivity contribution in [2.45, 2.75) is 12.8 Å². The average molecular weight is 365 g/mol. The molecule has 1 aliphatic carbocycles. The molecule has 0 heterocycles. The van der Waals surface area contributed by atoms with Gasteiger partial charge in [0.25, 0.3) is 0 Å². The van der Waals surface area contributed by atoms with Crippen LogP contribution in [0.1, 0.15) is 24.0 Å². The maximum atomic E-state index is 12.2. The summed E-state index contributed by atoms with van der Waals surface area (Å²) in [6.45, 7) is 0. The number of hydrogen-bond acceptors (Lipinski definition) is 3. The summed E-state index contributed by atoms with van der Waals surface area (Å²) in [5.74, 6) is -2.18. The molecular formula is C21H17ClN2O2. The molecule has 4 nitrogen and oxygen atoms in total. The molecule has 1 fully saturated rings. The van der Waals surface area contributed by atoms with Gasteiger partial charge >= 0.3 is 0 Å². The van der Waals surface area contributed by atoms with Gasteiger partial charge in [0.05, 0.1) is 6.07 Å². The molecule has 0 bridgehead atoms. The number of benzene rings is 2. The molecule has 2 aromatic rings. The Hall–Kier alpha value is -2.90. The largest absolute Gasteiger partial charge is 0.325 e. The van der Waals surface area contributed by atoms with Crippen molar-refractivity contribution in [3.63, 3.8) is 0 Å². The van der Waals surface area contributed by atoms with Crippen molar-refractivity contribution in [2.24, 2.45) is 11.8 Å². The highest BCUT2D eigenvalue weighted by Gasteiger charge is 2.38. The van der Waals surface area contributed by atoms with Crippen molar-refractivity contribution >= 4 is 41.1 Å². The maximum absolute atomic E-state index is 12.2. The predicted octanol–water partition coefficient (Wildman–Crippen LogP) is 4.57. The first-order valence-corrected chi connectivity index (χ1v) is 8.72. The van der Waals surface area contributed by atoms with E-state index in [9.17, 15) is 9.59 Å². The highest BCUT2D eigenvalue weighted by atomic mass is 35.5. The van der Waals surface area contributed by atoms with Gasteiger partial charge < -0.3 is 5.32 Å². The lowest BCUT2D eigenvalue weighted by molar-refractivity contribution is -0.129. The number of nitriles is 1. The molecule has 2 aromatic carbocycles. The Balaban J connectivity index is 1.62. The summed E-state index contributed by atoms with van der Waals surface area (Å²) in [5.41, 5.74) is 2.55. The van der Waals surface area contributed by atoms with E-state index in [0.29, 0.717) is 10.7 Å². The summed E-state index contributed by atoms with van der Waals surface area (Å²) in [5, 5.41) is 12.4. The Morgan fingerprint density at radius 2 is 1.58 bits per heavy atom. The maximum Gasteiger partial charge on any atom is 0.249 e. The Morgan fingerprint density at radius 3 is 2.08 bits per heavy atom. The van der Waals surface area contributed by atoms with E-state index < -0.39 is 11.8 Å². The number of ketones is 1. The van der Waals surface area contributed by atoms with E-state index in [4.69, 9.17) is 16.9 Å². The van der Waals surface area contributed by atoms with Gasteiger partial charge in [-0.15, -0.1) is 0 Å². The smallest absolute Gasteiger partial charge is 0.249 e. The van der Waals surface area contributed by atoms with Crippen LogP contribution < -0.4 is 5.32 Å². The van der Waals surface area contributed by atoms with E-state index in [-0.39, 0.29) is 11.7 Å². The molecule has 1 atom stereocenters. The normalized spacial score (nSPS) is 14.6. The van der Waals surface area contributed by atoms with Gasteiger partial charge in [-0.3, -0.25) is 9.59 Å². The van der Waals surface area contributed by atoms with Crippen molar-refractivity contribution in [3.05, 3.63) is 64.7 Å². The molecule has 0 aliphatic heterocycles. The second-order valence-corrected chi connectivity index (χ2v) is 6.67. The molecule has 1 unspecified atom stereocenters. The second-order valence-electron chi connectivity index (χ2n) is 6.23. The van der Waals surface area contributed by atoms with Crippen molar-refractivity contribution in [2.75, 3.05) is 5.32 Å². The molecule has 0 radical (unpaired) electrons. The Morgan fingerprint density at radius 1 is 1.04 bits per heavy atom. The molecule has 1 N–H and O–H groups in total. The number of Topliss-reactive ketones (excluding diaryl/α,β-unsaturated/α-hetero) is 1. The lowest BCUT2D eigenvalue weighted by atomic mass is 10.0. The molecule has 26 heavy (non-hydrogen) atoms.